The zero-order valence-corrected chi connectivity index (χ0v) is 14.8. The van der Waals surface area contributed by atoms with E-state index in [2.05, 4.69) is 15.5 Å². The number of rotatable bonds is 5. The average molecular weight is 397 g/mol. The molecule has 0 radical (unpaired) electrons. The Morgan fingerprint density at radius 2 is 1.68 bits per heavy atom. The highest BCUT2D eigenvalue weighted by Gasteiger charge is 2.23. The fraction of sp³-hybridized carbons (Fsp3) is 0. The quantitative estimate of drug-likeness (QED) is 0.356. The van der Waals surface area contributed by atoms with Gasteiger partial charge in [-0.1, -0.05) is 12.1 Å². The summed E-state index contributed by atoms with van der Waals surface area (Å²) in [4.78, 5) is 32.8. The van der Waals surface area contributed by atoms with Crippen molar-refractivity contribution < 1.29 is 14.6 Å². The molecule has 1 N–H and O–H groups in total. The van der Waals surface area contributed by atoms with Crippen molar-refractivity contribution in [1.82, 2.24) is 5.32 Å². The van der Waals surface area contributed by atoms with Crippen LogP contribution in [0.2, 0.25) is 0 Å². The number of nitro benzene ring substituents is 2. The van der Waals surface area contributed by atoms with Crippen LogP contribution in [-0.2, 0) is 4.79 Å². The minimum atomic E-state index is -0.508. The third-order valence-corrected chi connectivity index (χ3v) is 4.39. The SMILES string of the molecule is O=C1N/C(=N\N=C\c2cccc([N+](=O)[O-])c2)S/C1=C/c1ccc([N+](=O)[O-])cc1. The number of carbonyl (C=O) groups excluding carboxylic acids is 1. The Kier molecular flexibility index (Phi) is 5.56. The number of benzene rings is 2. The molecule has 2 aromatic carbocycles. The van der Waals surface area contributed by atoms with E-state index >= 15 is 0 Å². The molecule has 0 aromatic heterocycles. The van der Waals surface area contributed by atoms with Crippen LogP contribution in [0.4, 0.5) is 11.4 Å². The lowest BCUT2D eigenvalue weighted by Crippen LogP contribution is -2.19. The Bertz CT molecular complexity index is 1050. The minimum Gasteiger partial charge on any atom is -0.299 e. The second kappa shape index (κ2) is 8.22. The van der Waals surface area contributed by atoms with Gasteiger partial charge in [-0.3, -0.25) is 30.3 Å². The van der Waals surface area contributed by atoms with Crippen LogP contribution in [0.3, 0.4) is 0 Å². The van der Waals surface area contributed by atoms with Gasteiger partial charge in [-0.2, -0.15) is 5.10 Å². The maximum absolute atomic E-state index is 12.0. The largest absolute Gasteiger partial charge is 0.299 e. The summed E-state index contributed by atoms with van der Waals surface area (Å²) < 4.78 is 0. The van der Waals surface area contributed by atoms with Crippen molar-refractivity contribution in [2.45, 2.75) is 0 Å². The Hall–Kier alpha value is -3.86. The van der Waals surface area contributed by atoms with Crippen molar-refractivity contribution in [2.75, 3.05) is 0 Å². The molecule has 1 aliphatic heterocycles. The molecule has 28 heavy (non-hydrogen) atoms. The first-order valence-electron chi connectivity index (χ1n) is 7.73. The smallest absolute Gasteiger partial charge is 0.270 e. The van der Waals surface area contributed by atoms with Crippen molar-refractivity contribution in [2.24, 2.45) is 10.2 Å². The van der Waals surface area contributed by atoms with E-state index in [9.17, 15) is 25.0 Å². The van der Waals surface area contributed by atoms with Gasteiger partial charge in [0.2, 0.25) is 0 Å². The molecule has 0 saturated carbocycles. The van der Waals surface area contributed by atoms with Crippen molar-refractivity contribution >= 4 is 46.5 Å². The summed E-state index contributed by atoms with van der Waals surface area (Å²) in [6.07, 6.45) is 2.92. The van der Waals surface area contributed by atoms with Gasteiger partial charge in [-0.15, -0.1) is 5.10 Å². The van der Waals surface area contributed by atoms with Crippen LogP contribution in [0.15, 0.2) is 63.6 Å². The van der Waals surface area contributed by atoms with Crippen LogP contribution in [0.25, 0.3) is 6.08 Å². The van der Waals surface area contributed by atoms with Crippen LogP contribution in [0.1, 0.15) is 11.1 Å². The van der Waals surface area contributed by atoms with E-state index in [1.807, 2.05) is 0 Å². The van der Waals surface area contributed by atoms with Crippen molar-refractivity contribution in [3.8, 4) is 0 Å². The number of amides is 1. The molecule has 0 unspecified atom stereocenters. The average Bonchev–Trinajstić information content (AvgIpc) is 3.01. The number of hydrogen-bond acceptors (Lipinski definition) is 8. The molecule has 0 spiro atoms. The first-order chi connectivity index (χ1) is 13.4. The van der Waals surface area contributed by atoms with E-state index in [1.54, 1.807) is 12.1 Å². The molecule has 1 amide bonds. The summed E-state index contributed by atoms with van der Waals surface area (Å²) in [7, 11) is 0. The standard InChI is InChI=1S/C17H11N5O5S/c23-16-15(9-11-4-6-13(7-5-11)21(24)25)28-17(19-16)20-18-10-12-2-1-3-14(8-12)22(26)27/h1-10H,(H,19,20,23)/b15-9+,18-10+. The van der Waals surface area contributed by atoms with Gasteiger partial charge in [0.1, 0.15) is 0 Å². The van der Waals surface area contributed by atoms with Crippen molar-refractivity contribution in [3.05, 3.63) is 84.8 Å². The van der Waals surface area contributed by atoms with Gasteiger partial charge in [0.15, 0.2) is 5.17 Å². The van der Waals surface area contributed by atoms with Crippen LogP contribution in [0, 0.1) is 20.2 Å². The molecule has 10 nitrogen and oxygen atoms in total. The monoisotopic (exact) mass is 397 g/mol. The normalized spacial score (nSPS) is 16.6. The lowest BCUT2D eigenvalue weighted by molar-refractivity contribution is -0.385. The summed E-state index contributed by atoms with van der Waals surface area (Å²) >= 11 is 1.06. The van der Waals surface area contributed by atoms with Gasteiger partial charge in [0, 0.05) is 29.8 Å². The molecule has 140 valence electrons. The number of nitro groups is 2. The molecular formula is C17H11N5O5S. The summed E-state index contributed by atoms with van der Waals surface area (Å²) in [6.45, 7) is 0. The molecule has 11 heteroatoms. The Balaban J connectivity index is 1.70. The zero-order chi connectivity index (χ0) is 20.1. The molecule has 2 aromatic rings. The molecule has 0 aliphatic carbocycles. The first-order valence-corrected chi connectivity index (χ1v) is 8.55. The fourth-order valence-corrected chi connectivity index (χ4v) is 2.96. The fourth-order valence-electron chi connectivity index (χ4n) is 2.19. The molecule has 0 bridgehead atoms. The number of amidine groups is 1. The first kappa shape index (κ1) is 18.9. The number of nitrogens with one attached hydrogen (secondary N) is 1. The van der Waals surface area contributed by atoms with E-state index < -0.39 is 9.85 Å². The molecule has 1 fully saturated rings. The Morgan fingerprint density at radius 1 is 0.964 bits per heavy atom. The van der Waals surface area contributed by atoms with E-state index in [0.717, 1.165) is 11.8 Å². The lowest BCUT2D eigenvalue weighted by atomic mass is 10.2. The highest BCUT2D eigenvalue weighted by Crippen LogP contribution is 2.26. The highest BCUT2D eigenvalue weighted by atomic mass is 32.2. The summed E-state index contributed by atoms with van der Waals surface area (Å²) in [5.74, 6) is -0.368. The maximum atomic E-state index is 12.0. The highest BCUT2D eigenvalue weighted by molar-refractivity contribution is 8.18. The third kappa shape index (κ3) is 4.65. The van der Waals surface area contributed by atoms with Gasteiger partial charge >= 0.3 is 0 Å². The number of non-ortho nitro benzene ring substituents is 2. The predicted octanol–water partition coefficient (Wildman–Crippen LogP) is 3.10. The van der Waals surface area contributed by atoms with Crippen LogP contribution >= 0.6 is 11.8 Å². The number of nitrogens with zero attached hydrogens (tertiary/aromatic N) is 4. The van der Waals surface area contributed by atoms with Crippen LogP contribution < -0.4 is 5.32 Å². The van der Waals surface area contributed by atoms with E-state index in [0.29, 0.717) is 16.0 Å². The molecule has 1 aliphatic rings. The van der Waals surface area contributed by atoms with Gasteiger partial charge in [0.25, 0.3) is 17.3 Å². The van der Waals surface area contributed by atoms with Crippen molar-refractivity contribution in [1.29, 1.82) is 0 Å². The lowest BCUT2D eigenvalue weighted by Gasteiger charge is -1.95. The summed E-state index contributed by atoms with van der Waals surface area (Å²) in [5.41, 5.74) is 1.02. The van der Waals surface area contributed by atoms with E-state index in [-0.39, 0.29) is 22.4 Å². The zero-order valence-electron chi connectivity index (χ0n) is 14.0. The molecule has 1 saturated heterocycles. The summed E-state index contributed by atoms with van der Waals surface area (Å²) in [5, 5.41) is 31.9. The molecule has 3 rings (SSSR count). The van der Waals surface area contributed by atoms with Gasteiger partial charge < -0.3 is 0 Å². The Morgan fingerprint density at radius 3 is 2.36 bits per heavy atom. The second-order valence-corrected chi connectivity index (χ2v) is 6.45. The van der Waals surface area contributed by atoms with Crippen LogP contribution in [0.5, 0.6) is 0 Å². The molecule has 0 atom stereocenters. The topological polar surface area (TPSA) is 140 Å². The van der Waals surface area contributed by atoms with Crippen molar-refractivity contribution in [3.63, 3.8) is 0 Å². The van der Waals surface area contributed by atoms with Gasteiger partial charge in [0.05, 0.1) is 21.0 Å². The molecule has 1 heterocycles. The maximum Gasteiger partial charge on any atom is 0.270 e. The Labute approximate surface area is 162 Å². The number of thioether (sulfide) groups is 1. The second-order valence-electron chi connectivity index (χ2n) is 5.42. The predicted molar refractivity (Wildman–Crippen MR) is 105 cm³/mol. The van der Waals surface area contributed by atoms with E-state index in [1.165, 1.54) is 48.7 Å². The van der Waals surface area contributed by atoms with Gasteiger partial charge in [-0.05, 0) is 35.5 Å². The summed E-state index contributed by atoms with van der Waals surface area (Å²) in [6, 6.07) is 11.7. The van der Waals surface area contributed by atoms with E-state index in [4.69, 9.17) is 0 Å². The molecular weight excluding hydrogens is 386 g/mol. The minimum absolute atomic E-state index is 0.0385. The van der Waals surface area contributed by atoms with Gasteiger partial charge in [-0.25, -0.2) is 0 Å². The number of carbonyl (C=O) groups is 1. The number of hydrogen-bond donors (Lipinski definition) is 1. The third-order valence-electron chi connectivity index (χ3n) is 3.49. The van der Waals surface area contributed by atoms with Crippen LogP contribution in [-0.4, -0.2) is 27.1 Å².